The molecule has 0 radical (unpaired) electrons. The molecule has 0 fully saturated rings. The number of aliphatic hydroxyl groups excluding tert-OH is 1. The van der Waals surface area contributed by atoms with Crippen LogP contribution in [0.1, 0.15) is 39.7 Å². The molecule has 2 aliphatic carbocycles. The van der Waals surface area contributed by atoms with Gasteiger partial charge in [0.05, 0.1) is 12.0 Å². The monoisotopic (exact) mass is 576 g/mol. The predicted molar refractivity (Wildman–Crippen MR) is 132 cm³/mol. The standard InChI is InChI=1S/C24H33IO6S/c1-15-8-11-17(12-9-15)32(27,28)31-20-19(25)23(4)16(2)10-13-18(23)22(3,14-26)24(20,5)21(29-6)30-7/h8-9,11-13,16,21,26H,10,14H2,1-7H3. The molecule has 0 aliphatic heterocycles. The van der Waals surface area contributed by atoms with Crippen molar-refractivity contribution in [1.29, 1.82) is 0 Å². The summed E-state index contributed by atoms with van der Waals surface area (Å²) in [6.07, 6.45) is 2.15. The molecule has 178 valence electrons. The van der Waals surface area contributed by atoms with Crippen LogP contribution in [0.5, 0.6) is 0 Å². The number of methoxy groups -OCH3 is 2. The number of fused-ring (bicyclic) bond motifs is 1. The number of ether oxygens (including phenoxy) is 2. The zero-order valence-corrected chi connectivity index (χ0v) is 22.7. The second-order valence-corrected chi connectivity index (χ2v) is 12.1. The summed E-state index contributed by atoms with van der Waals surface area (Å²) in [7, 11) is -1.12. The fourth-order valence-corrected chi connectivity index (χ4v) is 7.99. The molecular weight excluding hydrogens is 543 g/mol. The number of aryl methyl sites for hydroxylation is 1. The zero-order chi connectivity index (χ0) is 24.1. The molecule has 0 heterocycles. The van der Waals surface area contributed by atoms with E-state index in [4.69, 9.17) is 13.7 Å². The number of allylic oxidation sites excluding steroid dienone is 2. The van der Waals surface area contributed by atoms with Crippen molar-refractivity contribution in [1.82, 2.24) is 0 Å². The first-order valence-electron chi connectivity index (χ1n) is 10.6. The smallest absolute Gasteiger partial charge is 0.338 e. The third kappa shape index (κ3) is 3.48. The minimum Gasteiger partial charge on any atom is -0.395 e. The Morgan fingerprint density at radius 3 is 2.22 bits per heavy atom. The molecule has 32 heavy (non-hydrogen) atoms. The maximum Gasteiger partial charge on any atom is 0.338 e. The summed E-state index contributed by atoms with van der Waals surface area (Å²) < 4.78 is 45.0. The summed E-state index contributed by atoms with van der Waals surface area (Å²) in [5.74, 6) is 0.473. The Morgan fingerprint density at radius 1 is 1.16 bits per heavy atom. The van der Waals surface area contributed by atoms with Gasteiger partial charge in [0.15, 0.2) is 6.29 Å². The van der Waals surface area contributed by atoms with Gasteiger partial charge in [-0.05, 0) is 60.9 Å². The molecular formula is C24H33IO6S. The first kappa shape index (κ1) is 25.7. The van der Waals surface area contributed by atoms with E-state index in [0.717, 1.165) is 21.1 Å². The first-order chi connectivity index (χ1) is 14.8. The lowest BCUT2D eigenvalue weighted by Crippen LogP contribution is -2.58. The number of halogens is 1. The van der Waals surface area contributed by atoms with Crippen molar-refractivity contribution in [3.8, 4) is 0 Å². The van der Waals surface area contributed by atoms with Gasteiger partial charge in [-0.15, -0.1) is 0 Å². The lowest BCUT2D eigenvalue weighted by atomic mass is 9.50. The maximum absolute atomic E-state index is 13.4. The van der Waals surface area contributed by atoms with Gasteiger partial charge < -0.3 is 18.8 Å². The van der Waals surface area contributed by atoms with E-state index in [2.05, 4.69) is 42.5 Å². The van der Waals surface area contributed by atoms with E-state index in [1.165, 1.54) is 14.2 Å². The first-order valence-corrected chi connectivity index (χ1v) is 13.1. The van der Waals surface area contributed by atoms with Gasteiger partial charge in [-0.3, -0.25) is 0 Å². The summed E-state index contributed by atoms with van der Waals surface area (Å²) in [6.45, 7) is 9.70. The highest BCUT2D eigenvalue weighted by Crippen LogP contribution is 2.69. The van der Waals surface area contributed by atoms with Crippen LogP contribution >= 0.6 is 22.6 Å². The Morgan fingerprint density at radius 2 is 1.72 bits per heavy atom. The Bertz CT molecular complexity index is 1040. The van der Waals surface area contributed by atoms with E-state index in [0.29, 0.717) is 0 Å². The van der Waals surface area contributed by atoms with Crippen LogP contribution in [0, 0.1) is 29.1 Å². The SMILES string of the molecule is COC(OC)C1(C)C(OS(=O)(=O)c2ccc(C)cc2)=C(I)C2(C)C(=CCC2C)C1(C)CO. The van der Waals surface area contributed by atoms with Crippen LogP contribution in [0.3, 0.4) is 0 Å². The van der Waals surface area contributed by atoms with Gasteiger partial charge in [-0.2, -0.15) is 8.42 Å². The van der Waals surface area contributed by atoms with Crippen LogP contribution < -0.4 is 0 Å². The molecule has 1 N–H and O–H groups in total. The van der Waals surface area contributed by atoms with Crippen molar-refractivity contribution in [3.05, 3.63) is 50.8 Å². The van der Waals surface area contributed by atoms with Gasteiger partial charge in [0.1, 0.15) is 10.7 Å². The van der Waals surface area contributed by atoms with E-state index in [1.54, 1.807) is 24.3 Å². The molecule has 4 unspecified atom stereocenters. The third-order valence-corrected chi connectivity index (χ3v) is 10.7. The van der Waals surface area contributed by atoms with Gasteiger partial charge in [-0.25, -0.2) is 0 Å². The molecule has 0 saturated heterocycles. The molecule has 4 atom stereocenters. The number of aliphatic hydroxyl groups is 1. The maximum atomic E-state index is 13.4. The molecule has 0 aromatic heterocycles. The third-order valence-electron chi connectivity index (χ3n) is 7.81. The molecule has 8 heteroatoms. The van der Waals surface area contributed by atoms with E-state index < -0.39 is 32.7 Å². The topological polar surface area (TPSA) is 82.1 Å². The van der Waals surface area contributed by atoms with Crippen LogP contribution in [-0.4, -0.2) is 40.6 Å². The van der Waals surface area contributed by atoms with Gasteiger partial charge in [0.2, 0.25) is 0 Å². The van der Waals surface area contributed by atoms with Gasteiger partial charge in [0.25, 0.3) is 0 Å². The van der Waals surface area contributed by atoms with Crippen LogP contribution in [0.4, 0.5) is 0 Å². The predicted octanol–water partition coefficient (Wildman–Crippen LogP) is 4.96. The fraction of sp³-hybridized carbons (Fsp3) is 0.583. The van der Waals surface area contributed by atoms with Crippen molar-refractivity contribution >= 4 is 32.7 Å². The molecule has 0 bridgehead atoms. The second-order valence-electron chi connectivity index (χ2n) is 9.45. The van der Waals surface area contributed by atoms with Crippen molar-refractivity contribution < 1.29 is 27.2 Å². The normalized spacial score (nSPS) is 32.8. The average molecular weight is 576 g/mol. The zero-order valence-electron chi connectivity index (χ0n) is 19.7. The minimum atomic E-state index is -4.14. The van der Waals surface area contributed by atoms with Crippen LogP contribution in [0.25, 0.3) is 0 Å². The number of hydrogen-bond donors (Lipinski definition) is 1. The molecule has 0 amide bonds. The largest absolute Gasteiger partial charge is 0.395 e. The van der Waals surface area contributed by atoms with Crippen molar-refractivity contribution in [2.75, 3.05) is 20.8 Å². The molecule has 1 aromatic rings. The van der Waals surface area contributed by atoms with Gasteiger partial charge >= 0.3 is 10.1 Å². The summed E-state index contributed by atoms with van der Waals surface area (Å²) >= 11 is 2.21. The van der Waals surface area contributed by atoms with Gasteiger partial charge in [0, 0.05) is 28.6 Å². The quantitative estimate of drug-likeness (QED) is 0.214. The van der Waals surface area contributed by atoms with E-state index in [9.17, 15) is 13.5 Å². The molecule has 0 saturated carbocycles. The Hall–Kier alpha value is -0.940. The summed E-state index contributed by atoms with van der Waals surface area (Å²) in [6, 6.07) is 6.56. The lowest BCUT2D eigenvalue weighted by molar-refractivity contribution is -0.208. The van der Waals surface area contributed by atoms with E-state index >= 15 is 0 Å². The van der Waals surface area contributed by atoms with Crippen molar-refractivity contribution in [3.63, 3.8) is 0 Å². The lowest BCUT2D eigenvalue weighted by Gasteiger charge is -2.57. The van der Waals surface area contributed by atoms with E-state index in [1.807, 2.05) is 20.8 Å². The summed E-state index contributed by atoms with van der Waals surface area (Å²) in [5, 5.41) is 10.7. The highest BCUT2D eigenvalue weighted by Gasteiger charge is 2.66. The Labute approximate surface area is 205 Å². The molecule has 2 aliphatic rings. The van der Waals surface area contributed by atoms with E-state index in [-0.39, 0.29) is 23.2 Å². The van der Waals surface area contributed by atoms with Crippen molar-refractivity contribution in [2.45, 2.75) is 52.2 Å². The number of rotatable bonds is 7. The van der Waals surface area contributed by atoms with Crippen LogP contribution in [0.15, 0.2) is 50.1 Å². The number of benzene rings is 1. The minimum absolute atomic E-state index is 0.0743. The summed E-state index contributed by atoms with van der Waals surface area (Å²) in [5.41, 5.74) is -0.452. The Kier molecular flexibility index (Phi) is 6.97. The molecule has 3 rings (SSSR count). The fourth-order valence-electron chi connectivity index (χ4n) is 5.30. The van der Waals surface area contributed by atoms with Crippen LogP contribution in [-0.2, 0) is 23.8 Å². The highest BCUT2D eigenvalue weighted by atomic mass is 127. The molecule has 0 spiro atoms. The summed E-state index contributed by atoms with van der Waals surface area (Å²) in [4.78, 5) is 0.0743. The van der Waals surface area contributed by atoms with Crippen LogP contribution in [0.2, 0.25) is 0 Å². The second kappa shape index (κ2) is 8.69. The Balaban J connectivity index is 2.31. The highest BCUT2D eigenvalue weighted by molar-refractivity contribution is 14.1. The number of hydrogen-bond acceptors (Lipinski definition) is 6. The van der Waals surface area contributed by atoms with Crippen molar-refractivity contribution in [2.24, 2.45) is 22.2 Å². The average Bonchev–Trinajstić information content (AvgIpc) is 3.07. The molecule has 6 nitrogen and oxygen atoms in total. The molecule has 1 aromatic carbocycles. The van der Waals surface area contributed by atoms with Gasteiger partial charge in [-0.1, -0.05) is 50.1 Å².